The van der Waals surface area contributed by atoms with Crippen LogP contribution in [0.15, 0.2) is 54.9 Å². The van der Waals surface area contributed by atoms with Gasteiger partial charge in [-0.2, -0.15) is 18.3 Å². The molecule has 220 valence electrons. The van der Waals surface area contributed by atoms with Gasteiger partial charge in [-0.25, -0.2) is 18.3 Å². The summed E-state index contributed by atoms with van der Waals surface area (Å²) in [6.45, 7) is 2.73. The fourth-order valence-corrected chi connectivity index (χ4v) is 5.66. The molecule has 2 fully saturated rings. The molecule has 1 N–H and O–H groups in total. The third-order valence-corrected chi connectivity index (χ3v) is 7.87. The van der Waals surface area contributed by atoms with Gasteiger partial charge in [0.1, 0.15) is 23.1 Å². The van der Waals surface area contributed by atoms with E-state index in [0.29, 0.717) is 45.0 Å². The van der Waals surface area contributed by atoms with Gasteiger partial charge < -0.3 is 20.0 Å². The summed E-state index contributed by atoms with van der Waals surface area (Å²) in [6.07, 6.45) is -0.328. The lowest BCUT2D eigenvalue weighted by Gasteiger charge is -2.35. The number of rotatable bonds is 5. The number of anilines is 3. The lowest BCUT2D eigenvalue weighted by molar-refractivity contribution is -0.137. The van der Waals surface area contributed by atoms with Crippen LogP contribution in [0.2, 0.25) is 0 Å². The topological polar surface area (TPSA) is 69.0 Å². The van der Waals surface area contributed by atoms with E-state index in [1.165, 1.54) is 28.9 Å². The van der Waals surface area contributed by atoms with Gasteiger partial charge in [0.15, 0.2) is 5.65 Å². The van der Waals surface area contributed by atoms with Crippen LogP contribution in [0.3, 0.4) is 0 Å². The van der Waals surface area contributed by atoms with Crippen LogP contribution in [0.1, 0.15) is 40.4 Å². The summed E-state index contributed by atoms with van der Waals surface area (Å²) in [7, 11) is 1.92. The maximum absolute atomic E-state index is 14.6. The van der Waals surface area contributed by atoms with Crippen molar-refractivity contribution in [3.8, 4) is 0 Å². The highest BCUT2D eigenvalue weighted by Gasteiger charge is 2.36. The Morgan fingerprint density at radius 3 is 2.55 bits per heavy atom. The molecule has 2 aromatic carbocycles. The second-order valence-corrected chi connectivity index (χ2v) is 10.6. The first-order valence-corrected chi connectivity index (χ1v) is 13.6. The molecule has 2 aliphatic heterocycles. The molecule has 42 heavy (non-hydrogen) atoms. The standard InChI is InChI=1S/C29H28F5N7O/c1-38-11-13-39(14-12-38)25-7-4-18(15-21(25)29(32,33)34)28(42)36-23-17-35-41-10-8-26(37-27(23)41)40-9-2-3-24(40)20-16-19(30)5-6-22(20)31/h4-8,10,15-17,24H,2-3,9,11-14H2,1H3,(H,36,42)/t24-/m1/s1. The normalized spacial score (nSPS) is 18.2. The molecule has 1 atom stereocenters. The molecular weight excluding hydrogens is 557 g/mol. The minimum Gasteiger partial charge on any atom is -0.368 e. The van der Waals surface area contributed by atoms with Crippen LogP contribution in [0, 0.1) is 11.6 Å². The average Bonchev–Trinajstić information content (AvgIpc) is 3.61. The zero-order valence-electron chi connectivity index (χ0n) is 22.7. The predicted octanol–water partition coefficient (Wildman–Crippen LogP) is 5.37. The molecular formula is C29H28F5N7O. The number of aromatic nitrogens is 3. The second kappa shape index (κ2) is 10.9. The Bertz CT molecular complexity index is 1630. The van der Waals surface area contributed by atoms with Crippen molar-refractivity contribution in [1.82, 2.24) is 19.5 Å². The summed E-state index contributed by atoms with van der Waals surface area (Å²) in [5, 5.41) is 6.84. The van der Waals surface area contributed by atoms with Crippen LogP contribution in [-0.4, -0.2) is 65.2 Å². The van der Waals surface area contributed by atoms with E-state index in [9.17, 15) is 26.7 Å². The molecule has 0 radical (unpaired) electrons. The summed E-state index contributed by atoms with van der Waals surface area (Å²) >= 11 is 0. The number of hydrogen-bond acceptors (Lipinski definition) is 6. The van der Waals surface area contributed by atoms with Crippen molar-refractivity contribution < 1.29 is 26.7 Å². The van der Waals surface area contributed by atoms with Gasteiger partial charge in [-0.1, -0.05) is 0 Å². The van der Waals surface area contributed by atoms with Crippen LogP contribution in [0.4, 0.5) is 39.1 Å². The fourth-order valence-electron chi connectivity index (χ4n) is 5.66. The molecule has 2 saturated heterocycles. The first kappa shape index (κ1) is 27.9. The molecule has 13 heteroatoms. The Morgan fingerprint density at radius 1 is 1.00 bits per heavy atom. The highest BCUT2D eigenvalue weighted by Crippen LogP contribution is 2.39. The number of alkyl halides is 3. The number of halogens is 5. The smallest absolute Gasteiger partial charge is 0.368 e. The molecule has 2 aliphatic rings. The lowest BCUT2D eigenvalue weighted by Crippen LogP contribution is -2.45. The predicted molar refractivity (Wildman–Crippen MR) is 148 cm³/mol. The molecule has 4 heterocycles. The Hall–Kier alpha value is -4.26. The van der Waals surface area contributed by atoms with Gasteiger partial charge in [0.2, 0.25) is 0 Å². The van der Waals surface area contributed by atoms with Crippen molar-refractivity contribution in [3.63, 3.8) is 0 Å². The minimum absolute atomic E-state index is 0.0457. The lowest BCUT2D eigenvalue weighted by atomic mass is 10.0. The Kier molecular flexibility index (Phi) is 7.21. The summed E-state index contributed by atoms with van der Waals surface area (Å²) < 4.78 is 72.1. The maximum Gasteiger partial charge on any atom is 0.418 e. The van der Waals surface area contributed by atoms with E-state index in [2.05, 4.69) is 15.4 Å². The van der Waals surface area contributed by atoms with Gasteiger partial charge in [-0.3, -0.25) is 4.79 Å². The van der Waals surface area contributed by atoms with Crippen LogP contribution in [0.5, 0.6) is 0 Å². The van der Waals surface area contributed by atoms with Crippen molar-refractivity contribution in [3.05, 3.63) is 83.2 Å². The number of hydrogen-bond donors (Lipinski definition) is 1. The molecule has 0 saturated carbocycles. The summed E-state index contributed by atoms with van der Waals surface area (Å²) in [5.74, 6) is -1.31. The van der Waals surface area contributed by atoms with E-state index < -0.39 is 35.3 Å². The maximum atomic E-state index is 14.6. The van der Waals surface area contributed by atoms with Crippen LogP contribution >= 0.6 is 0 Å². The molecule has 4 aromatic rings. The van der Waals surface area contributed by atoms with Crippen molar-refractivity contribution in [2.45, 2.75) is 25.1 Å². The monoisotopic (exact) mass is 585 g/mol. The number of nitrogens with one attached hydrogen (secondary N) is 1. The van der Waals surface area contributed by atoms with E-state index in [0.717, 1.165) is 24.6 Å². The SMILES string of the molecule is CN1CCN(c2ccc(C(=O)Nc3cnn4ccc(N5CCC[C@@H]5c5cc(F)ccc5F)nc34)cc2C(F)(F)F)CC1. The zero-order valence-corrected chi connectivity index (χ0v) is 22.7. The molecule has 1 amide bonds. The molecule has 0 bridgehead atoms. The Morgan fingerprint density at radius 2 is 1.79 bits per heavy atom. The number of benzene rings is 2. The highest BCUT2D eigenvalue weighted by molar-refractivity contribution is 6.06. The van der Waals surface area contributed by atoms with E-state index in [1.54, 1.807) is 17.2 Å². The van der Waals surface area contributed by atoms with Gasteiger partial charge in [0, 0.05) is 55.7 Å². The number of carbonyl (C=O) groups excluding carboxylic acids is 1. The largest absolute Gasteiger partial charge is 0.418 e. The third kappa shape index (κ3) is 5.36. The number of nitrogens with zero attached hydrogens (tertiary/aromatic N) is 6. The molecule has 0 spiro atoms. The van der Waals surface area contributed by atoms with Crippen molar-refractivity contribution in [2.75, 3.05) is 54.9 Å². The summed E-state index contributed by atoms with van der Waals surface area (Å²) in [4.78, 5) is 23.4. The molecule has 8 nitrogen and oxygen atoms in total. The number of carbonyl (C=O) groups is 1. The van der Waals surface area contributed by atoms with Crippen LogP contribution in [-0.2, 0) is 6.18 Å². The number of piperazine rings is 1. The van der Waals surface area contributed by atoms with Crippen LogP contribution in [0.25, 0.3) is 5.65 Å². The molecule has 0 unspecified atom stereocenters. The highest BCUT2D eigenvalue weighted by atomic mass is 19.4. The quantitative estimate of drug-likeness (QED) is 0.318. The first-order chi connectivity index (χ1) is 20.1. The van der Waals surface area contributed by atoms with Gasteiger partial charge in [-0.05, 0) is 62.4 Å². The Balaban J connectivity index is 1.27. The first-order valence-electron chi connectivity index (χ1n) is 13.6. The third-order valence-electron chi connectivity index (χ3n) is 7.87. The summed E-state index contributed by atoms with van der Waals surface area (Å²) in [6, 6.07) is 8.21. The van der Waals surface area contributed by atoms with E-state index in [1.807, 2.05) is 16.8 Å². The number of likely N-dealkylation sites (N-methyl/N-ethyl adjacent to an activating group) is 1. The molecule has 0 aliphatic carbocycles. The van der Waals surface area contributed by atoms with Crippen molar-refractivity contribution in [1.29, 1.82) is 0 Å². The molecule has 2 aromatic heterocycles. The minimum atomic E-state index is -4.65. The van der Waals surface area contributed by atoms with Crippen molar-refractivity contribution >= 4 is 28.7 Å². The van der Waals surface area contributed by atoms with E-state index >= 15 is 0 Å². The molecule has 6 rings (SSSR count). The van der Waals surface area contributed by atoms with E-state index in [-0.39, 0.29) is 28.1 Å². The van der Waals surface area contributed by atoms with E-state index in [4.69, 9.17) is 0 Å². The summed E-state index contributed by atoms with van der Waals surface area (Å²) in [5.41, 5.74) is -0.287. The number of amides is 1. The Labute approximate surface area is 238 Å². The number of fused-ring (bicyclic) bond motifs is 1. The fraction of sp³-hybridized carbons (Fsp3) is 0.345. The average molecular weight is 586 g/mol. The van der Waals surface area contributed by atoms with Crippen LogP contribution < -0.4 is 15.1 Å². The van der Waals surface area contributed by atoms with Gasteiger partial charge in [0.25, 0.3) is 5.91 Å². The van der Waals surface area contributed by atoms with Gasteiger partial charge in [-0.15, -0.1) is 0 Å². The van der Waals surface area contributed by atoms with Gasteiger partial charge in [0.05, 0.1) is 17.8 Å². The van der Waals surface area contributed by atoms with Crippen molar-refractivity contribution in [2.24, 2.45) is 0 Å². The second-order valence-electron chi connectivity index (χ2n) is 10.6. The zero-order chi connectivity index (χ0) is 29.6. The van der Waals surface area contributed by atoms with Gasteiger partial charge >= 0.3 is 6.18 Å².